The van der Waals surface area contributed by atoms with E-state index in [1.165, 1.54) is 17.7 Å². The summed E-state index contributed by atoms with van der Waals surface area (Å²) in [6.45, 7) is 4.06. The van der Waals surface area contributed by atoms with Crippen molar-refractivity contribution in [3.63, 3.8) is 0 Å². The number of hydrogen-bond acceptors (Lipinski definition) is 4. The molecule has 0 aliphatic carbocycles. The van der Waals surface area contributed by atoms with Crippen molar-refractivity contribution in [1.29, 1.82) is 0 Å². The van der Waals surface area contributed by atoms with Gasteiger partial charge in [-0.3, -0.25) is 0 Å². The molecule has 3 N–H and O–H groups in total. The van der Waals surface area contributed by atoms with E-state index >= 15 is 0 Å². The first-order valence-corrected chi connectivity index (χ1v) is 11.1. The van der Waals surface area contributed by atoms with Gasteiger partial charge in [-0.2, -0.15) is 0 Å². The van der Waals surface area contributed by atoms with E-state index in [0.29, 0.717) is 24.9 Å². The molecule has 3 aromatic rings. The van der Waals surface area contributed by atoms with Crippen molar-refractivity contribution in [1.82, 2.24) is 10.3 Å². The minimum Gasteiger partial charge on any atom is -0.381 e. The first-order chi connectivity index (χ1) is 15.5. The first kappa shape index (κ1) is 22.2. The SMILES string of the molecule is Cc1ccc(Nc2ccc(NC(=S)NCC3(c4ccc(F)cc4)CCOCC3)cn2)cc1. The van der Waals surface area contributed by atoms with Gasteiger partial charge in [0.2, 0.25) is 0 Å². The number of halogens is 1. The second-order valence-corrected chi connectivity index (χ2v) is 8.54. The number of benzene rings is 2. The van der Waals surface area contributed by atoms with E-state index in [1.807, 2.05) is 36.4 Å². The molecule has 5 nitrogen and oxygen atoms in total. The average molecular weight is 451 g/mol. The van der Waals surface area contributed by atoms with Crippen LogP contribution in [0.2, 0.25) is 0 Å². The lowest BCUT2D eigenvalue weighted by Gasteiger charge is -2.38. The number of thiocarbonyl (C=S) groups is 1. The van der Waals surface area contributed by atoms with Crippen molar-refractivity contribution in [3.8, 4) is 0 Å². The Bertz CT molecular complexity index is 1030. The second-order valence-electron chi connectivity index (χ2n) is 8.13. The molecule has 2 heterocycles. The predicted octanol–water partition coefficient (Wildman–Crippen LogP) is 5.31. The van der Waals surface area contributed by atoms with Crippen LogP contribution >= 0.6 is 12.2 Å². The number of rotatable bonds is 6. The number of nitrogens with zero attached hydrogens (tertiary/aromatic N) is 1. The topological polar surface area (TPSA) is 58.2 Å². The Kier molecular flexibility index (Phi) is 6.97. The Morgan fingerprint density at radius 1 is 1.00 bits per heavy atom. The van der Waals surface area contributed by atoms with Crippen LogP contribution in [0.5, 0.6) is 0 Å². The number of anilines is 3. The molecule has 1 fully saturated rings. The number of hydrogen-bond donors (Lipinski definition) is 3. The molecule has 1 aromatic heterocycles. The third-order valence-electron chi connectivity index (χ3n) is 5.84. The van der Waals surface area contributed by atoms with Crippen molar-refractivity contribution in [2.24, 2.45) is 0 Å². The van der Waals surface area contributed by atoms with Crippen molar-refractivity contribution in [2.45, 2.75) is 25.2 Å². The average Bonchev–Trinajstić information content (AvgIpc) is 2.82. The third kappa shape index (κ3) is 5.60. The zero-order valence-corrected chi connectivity index (χ0v) is 18.8. The second kappa shape index (κ2) is 10.1. The van der Waals surface area contributed by atoms with E-state index in [0.717, 1.165) is 35.6 Å². The zero-order chi connectivity index (χ0) is 22.4. The monoisotopic (exact) mass is 450 g/mol. The van der Waals surface area contributed by atoms with Crippen LogP contribution in [0.1, 0.15) is 24.0 Å². The highest BCUT2D eigenvalue weighted by Crippen LogP contribution is 2.34. The maximum atomic E-state index is 13.4. The minimum atomic E-state index is -0.228. The Morgan fingerprint density at radius 3 is 2.34 bits per heavy atom. The van der Waals surface area contributed by atoms with Gasteiger partial charge in [-0.05, 0) is 73.9 Å². The summed E-state index contributed by atoms with van der Waals surface area (Å²) >= 11 is 5.52. The maximum Gasteiger partial charge on any atom is 0.170 e. The van der Waals surface area contributed by atoms with E-state index in [1.54, 1.807) is 6.20 Å². The van der Waals surface area contributed by atoms with Crippen molar-refractivity contribution < 1.29 is 9.13 Å². The molecule has 32 heavy (non-hydrogen) atoms. The molecule has 0 saturated carbocycles. The van der Waals surface area contributed by atoms with Gasteiger partial charge in [-0.15, -0.1) is 0 Å². The predicted molar refractivity (Wildman–Crippen MR) is 131 cm³/mol. The Hall–Kier alpha value is -3.03. The van der Waals surface area contributed by atoms with Crippen LogP contribution in [-0.4, -0.2) is 29.9 Å². The molecule has 2 aromatic carbocycles. The van der Waals surface area contributed by atoms with Gasteiger partial charge < -0.3 is 20.7 Å². The van der Waals surface area contributed by atoms with Gasteiger partial charge in [0.1, 0.15) is 11.6 Å². The Balaban J connectivity index is 1.35. The van der Waals surface area contributed by atoms with E-state index in [4.69, 9.17) is 17.0 Å². The molecule has 0 bridgehead atoms. The lowest BCUT2D eigenvalue weighted by Crippen LogP contribution is -2.45. The van der Waals surface area contributed by atoms with Gasteiger partial charge in [-0.25, -0.2) is 9.37 Å². The van der Waals surface area contributed by atoms with E-state index < -0.39 is 0 Å². The molecule has 1 aliphatic rings. The van der Waals surface area contributed by atoms with Crippen LogP contribution in [-0.2, 0) is 10.2 Å². The highest BCUT2D eigenvalue weighted by atomic mass is 32.1. The molecular weight excluding hydrogens is 423 g/mol. The van der Waals surface area contributed by atoms with Crippen LogP contribution in [0.25, 0.3) is 0 Å². The highest BCUT2D eigenvalue weighted by molar-refractivity contribution is 7.80. The van der Waals surface area contributed by atoms with Crippen LogP contribution in [0.15, 0.2) is 66.9 Å². The Labute approximate surface area is 193 Å². The van der Waals surface area contributed by atoms with Gasteiger partial charge in [0, 0.05) is 30.9 Å². The molecule has 166 valence electrons. The van der Waals surface area contributed by atoms with Gasteiger partial charge >= 0.3 is 0 Å². The lowest BCUT2D eigenvalue weighted by atomic mass is 9.74. The number of ether oxygens (including phenoxy) is 1. The maximum absolute atomic E-state index is 13.4. The molecule has 7 heteroatoms. The quantitative estimate of drug-likeness (QED) is 0.443. The number of nitrogens with one attached hydrogen (secondary N) is 3. The summed E-state index contributed by atoms with van der Waals surface area (Å²) in [4.78, 5) is 4.46. The number of pyridine rings is 1. The van der Waals surface area contributed by atoms with Gasteiger partial charge in [-0.1, -0.05) is 29.8 Å². The normalized spacial score (nSPS) is 15.1. The summed E-state index contributed by atoms with van der Waals surface area (Å²) in [6.07, 6.45) is 3.46. The highest BCUT2D eigenvalue weighted by Gasteiger charge is 2.34. The van der Waals surface area contributed by atoms with Crippen LogP contribution in [0.3, 0.4) is 0 Å². The molecule has 0 atom stereocenters. The van der Waals surface area contributed by atoms with Gasteiger partial charge in [0.05, 0.1) is 11.9 Å². The van der Waals surface area contributed by atoms with Crippen molar-refractivity contribution in [2.75, 3.05) is 30.4 Å². The van der Waals surface area contributed by atoms with Crippen LogP contribution < -0.4 is 16.0 Å². The minimum absolute atomic E-state index is 0.141. The molecule has 1 saturated heterocycles. The number of aromatic nitrogens is 1. The van der Waals surface area contributed by atoms with E-state index in [9.17, 15) is 4.39 Å². The van der Waals surface area contributed by atoms with Gasteiger partial charge in [0.15, 0.2) is 5.11 Å². The summed E-state index contributed by atoms with van der Waals surface area (Å²) < 4.78 is 19.0. The molecule has 1 aliphatic heterocycles. The lowest BCUT2D eigenvalue weighted by molar-refractivity contribution is 0.0515. The van der Waals surface area contributed by atoms with Gasteiger partial charge in [0.25, 0.3) is 0 Å². The zero-order valence-electron chi connectivity index (χ0n) is 18.0. The smallest absolute Gasteiger partial charge is 0.170 e. The molecule has 0 amide bonds. The fourth-order valence-corrected chi connectivity index (χ4v) is 4.07. The Morgan fingerprint density at radius 2 is 1.69 bits per heavy atom. The largest absolute Gasteiger partial charge is 0.381 e. The fourth-order valence-electron chi connectivity index (χ4n) is 3.88. The summed E-state index contributed by atoms with van der Waals surface area (Å²) in [6, 6.07) is 18.8. The first-order valence-electron chi connectivity index (χ1n) is 10.7. The van der Waals surface area contributed by atoms with Crippen molar-refractivity contribution >= 4 is 34.5 Å². The summed E-state index contributed by atoms with van der Waals surface area (Å²) in [5.74, 6) is 0.532. The molecule has 0 unspecified atom stereocenters. The molecule has 0 spiro atoms. The van der Waals surface area contributed by atoms with Crippen LogP contribution in [0.4, 0.5) is 21.6 Å². The van der Waals surface area contributed by atoms with Crippen LogP contribution in [0, 0.1) is 12.7 Å². The third-order valence-corrected chi connectivity index (χ3v) is 6.09. The fraction of sp³-hybridized carbons (Fsp3) is 0.280. The summed E-state index contributed by atoms with van der Waals surface area (Å²) in [5, 5.41) is 10.3. The molecule has 0 radical (unpaired) electrons. The van der Waals surface area contributed by atoms with Crippen molar-refractivity contribution in [3.05, 3.63) is 83.8 Å². The summed E-state index contributed by atoms with van der Waals surface area (Å²) in [7, 11) is 0. The standard InChI is InChI=1S/C25H27FN4OS/c1-18-2-8-21(9-3-18)29-23-11-10-22(16-27-23)30-24(32)28-17-25(12-14-31-15-13-25)19-4-6-20(26)7-5-19/h2-11,16H,12-15,17H2,1H3,(H,27,29)(H2,28,30,32). The van der Waals surface area contributed by atoms with E-state index in [-0.39, 0.29) is 11.2 Å². The number of aryl methyl sites for hydroxylation is 1. The molecular formula is C25H27FN4OS. The molecule has 4 rings (SSSR count). The van der Waals surface area contributed by atoms with E-state index in [2.05, 4.69) is 40.0 Å². The summed E-state index contributed by atoms with van der Waals surface area (Å²) in [5.41, 5.74) is 3.97.